The Morgan fingerprint density at radius 1 is 0.393 bits per heavy atom. The monoisotopic (exact) mass is 736 g/mol. The summed E-state index contributed by atoms with van der Waals surface area (Å²) in [5.74, 6) is 0. The van der Waals surface area contributed by atoms with E-state index in [2.05, 4.69) is 165 Å². The van der Waals surface area contributed by atoms with Gasteiger partial charge in [0, 0.05) is 21.5 Å². The van der Waals surface area contributed by atoms with Crippen LogP contribution in [-0.4, -0.2) is 31.0 Å². The lowest BCUT2D eigenvalue weighted by atomic mass is 9.83. The van der Waals surface area contributed by atoms with Gasteiger partial charge in [-0.05, 0) is 86.4 Å². The summed E-state index contributed by atoms with van der Waals surface area (Å²) in [5.41, 5.74) is 33.4. The van der Waals surface area contributed by atoms with E-state index in [1.807, 2.05) is 24.3 Å². The van der Waals surface area contributed by atoms with Gasteiger partial charge >= 0.3 is 11.4 Å². The third kappa shape index (κ3) is 6.96. The number of rotatable bonds is 4. The zero-order valence-electron chi connectivity index (χ0n) is 34.9. The van der Waals surface area contributed by atoms with Crippen LogP contribution in [0.1, 0.15) is 128 Å². The van der Waals surface area contributed by atoms with Gasteiger partial charge in [0.05, 0.1) is 44.3 Å². The van der Waals surface area contributed by atoms with Crippen LogP contribution in [-0.2, 0) is 21.7 Å². The zero-order chi connectivity index (χ0) is 40.5. The summed E-state index contributed by atoms with van der Waals surface area (Å²) in [6.07, 6.45) is 0. The van der Waals surface area contributed by atoms with Crippen molar-refractivity contribution in [3.05, 3.63) is 153 Å². The lowest BCUT2D eigenvalue weighted by Gasteiger charge is -2.21. The molecule has 2 heterocycles. The molecular weight excluding hydrogens is 685 g/mol. The molecule has 282 valence electrons. The minimum absolute atomic E-state index is 0.0789. The van der Waals surface area contributed by atoms with Crippen molar-refractivity contribution in [1.29, 1.82) is 0 Å². The molecular formula is C50H52N6. The Morgan fingerprint density at radius 3 is 0.893 bits per heavy atom. The molecule has 0 atom stereocenters. The molecule has 0 aliphatic rings. The Morgan fingerprint density at radius 2 is 0.661 bits per heavy atom. The predicted octanol–water partition coefficient (Wildman–Crippen LogP) is 12.4. The highest BCUT2D eigenvalue weighted by molar-refractivity contribution is 6.26. The number of fused-ring (bicyclic) bond motifs is 4. The van der Waals surface area contributed by atoms with Crippen LogP contribution < -0.4 is 0 Å². The van der Waals surface area contributed by atoms with Crippen molar-refractivity contribution >= 4 is 55.0 Å². The first-order valence-electron chi connectivity index (χ1n) is 19.5. The molecule has 5 aromatic carbocycles. The fourth-order valence-electron chi connectivity index (χ4n) is 7.59. The number of hydrogen-bond donors (Lipinski definition) is 0. The van der Waals surface area contributed by atoms with E-state index < -0.39 is 0 Å². The van der Waals surface area contributed by atoms with Gasteiger partial charge in [0.25, 0.3) is 0 Å². The molecule has 0 unspecified atom stereocenters. The van der Waals surface area contributed by atoms with Crippen LogP contribution in [0, 0.1) is 0 Å². The number of pyridine rings is 2. The fourth-order valence-corrected chi connectivity index (χ4v) is 7.59. The van der Waals surface area contributed by atoms with Crippen LogP contribution >= 0.6 is 0 Å². The summed E-state index contributed by atoms with van der Waals surface area (Å²) in [6, 6.07) is 33.3. The molecule has 6 heteroatoms. The summed E-state index contributed by atoms with van der Waals surface area (Å²) in [6.45, 7) is 26.4. The molecule has 0 aliphatic heterocycles. The average molecular weight is 737 g/mol. The molecule has 2 aromatic heterocycles. The summed E-state index contributed by atoms with van der Waals surface area (Å²) in [7, 11) is 0. The Kier molecular flexibility index (Phi) is 9.24. The number of hydrogen-bond acceptors (Lipinski definition) is 2. The van der Waals surface area contributed by atoms with Gasteiger partial charge < -0.3 is 11.1 Å². The maximum Gasteiger partial charge on any atom is 0.331 e. The van der Waals surface area contributed by atoms with Crippen molar-refractivity contribution in [2.45, 2.75) is 105 Å². The van der Waals surface area contributed by atoms with E-state index in [-0.39, 0.29) is 21.7 Å². The minimum Gasteiger partial charge on any atom is -0.361 e. The van der Waals surface area contributed by atoms with Gasteiger partial charge in [-0.2, -0.15) is 9.58 Å². The highest BCUT2D eigenvalue weighted by Crippen LogP contribution is 2.37. The Bertz CT molecular complexity index is 2500. The number of benzene rings is 5. The maximum atomic E-state index is 11.0. The smallest absolute Gasteiger partial charge is 0.331 e. The first kappa shape index (κ1) is 38.5. The number of aromatic nitrogens is 2. The van der Waals surface area contributed by atoms with Gasteiger partial charge in [-0.3, -0.25) is 0 Å². The largest absolute Gasteiger partial charge is 0.361 e. The van der Waals surface area contributed by atoms with Crippen molar-refractivity contribution in [2.24, 2.45) is 0 Å². The highest BCUT2D eigenvalue weighted by atomic mass is 14.9. The minimum atomic E-state index is -0.0789. The van der Waals surface area contributed by atoms with E-state index in [4.69, 9.17) is 9.97 Å². The molecule has 6 nitrogen and oxygen atoms in total. The van der Waals surface area contributed by atoms with Crippen LogP contribution in [0.4, 0.5) is 0 Å². The van der Waals surface area contributed by atoms with Crippen LogP contribution in [0.25, 0.3) is 54.7 Å². The summed E-state index contributed by atoms with van der Waals surface area (Å²) < 4.78 is 0. The third-order valence-electron chi connectivity index (χ3n) is 11.1. The van der Waals surface area contributed by atoms with E-state index in [0.29, 0.717) is 22.6 Å². The molecule has 0 bridgehead atoms. The van der Waals surface area contributed by atoms with Gasteiger partial charge in [0.2, 0.25) is 0 Å². The average Bonchev–Trinajstić information content (AvgIpc) is 3.12. The lowest BCUT2D eigenvalue weighted by molar-refractivity contribution is -0.00266. The summed E-state index contributed by atoms with van der Waals surface area (Å²) >= 11 is 0. The number of nitrogens with zero attached hydrogens (tertiary/aromatic N) is 6. The second kappa shape index (κ2) is 13.4. The van der Waals surface area contributed by atoms with E-state index in [1.165, 1.54) is 22.3 Å². The lowest BCUT2D eigenvalue weighted by Crippen LogP contribution is -2.14. The molecule has 56 heavy (non-hydrogen) atoms. The van der Waals surface area contributed by atoms with Crippen molar-refractivity contribution in [3.63, 3.8) is 0 Å². The van der Waals surface area contributed by atoms with Gasteiger partial charge in [0.1, 0.15) is 0 Å². The van der Waals surface area contributed by atoms with Crippen molar-refractivity contribution < 1.29 is 9.58 Å². The Balaban J connectivity index is 1.47. The van der Waals surface area contributed by atoms with Crippen LogP contribution in [0.2, 0.25) is 0 Å². The molecule has 0 radical (unpaired) electrons. The van der Waals surface area contributed by atoms with E-state index in [1.54, 1.807) is 0 Å². The first-order chi connectivity index (χ1) is 26.2. The molecule has 0 fully saturated rings. The summed E-state index contributed by atoms with van der Waals surface area (Å²) in [4.78, 5) is 18.4. The standard InChI is InChI=1S/C50H52N6/c1-47(2,3)31-16-20-35-39(25-31)53-40-26-32(48(4,5)6)17-21-36(40)43(35)45(55-51)29-14-13-15-30(24-29)46(56-52)44-37-22-18-33(49(7,8)9)27-41(37)54-42-28-34(50(10,11)12)19-23-38(42)44/h13-28H,1-12H3. The van der Waals surface area contributed by atoms with Crippen molar-refractivity contribution in [2.75, 3.05) is 0 Å². The van der Waals surface area contributed by atoms with E-state index >= 15 is 0 Å². The summed E-state index contributed by atoms with van der Waals surface area (Å²) in [5, 5.41) is 3.55. The molecule has 0 amide bonds. The molecule has 0 aliphatic carbocycles. The third-order valence-corrected chi connectivity index (χ3v) is 11.1. The van der Waals surface area contributed by atoms with Gasteiger partial charge in [0.15, 0.2) is 0 Å². The normalized spacial score (nSPS) is 12.6. The van der Waals surface area contributed by atoms with Gasteiger partial charge in [-0.15, -0.1) is 0 Å². The first-order valence-corrected chi connectivity index (χ1v) is 19.5. The molecule has 0 N–H and O–H groups in total. The van der Waals surface area contributed by atoms with Gasteiger partial charge in [-0.1, -0.05) is 138 Å². The molecule has 7 aromatic rings. The van der Waals surface area contributed by atoms with E-state index in [9.17, 15) is 11.1 Å². The molecule has 0 saturated heterocycles. The van der Waals surface area contributed by atoms with Crippen LogP contribution in [0.15, 0.2) is 97.1 Å². The van der Waals surface area contributed by atoms with Crippen LogP contribution in [0.5, 0.6) is 0 Å². The SMILES string of the molecule is CC(C)(C)c1ccc2c(C(=[N+]=[N-])c3cccc(C(=[N+]=[N-])c4c5ccc(C(C)(C)C)cc5nc5cc(C(C)(C)C)ccc45)c3)c3ccc(C(C)(C)C)cc3nc2c1. The second-order valence-electron chi connectivity index (χ2n) is 19.4. The Hall–Kier alpha value is -5.80. The molecule has 0 saturated carbocycles. The zero-order valence-corrected chi connectivity index (χ0v) is 34.9. The quantitative estimate of drug-likeness (QED) is 0.0778. The topological polar surface area (TPSA) is 98.6 Å². The highest BCUT2D eigenvalue weighted by Gasteiger charge is 2.29. The maximum absolute atomic E-state index is 11.0. The van der Waals surface area contributed by atoms with Crippen molar-refractivity contribution in [1.82, 2.24) is 9.97 Å². The van der Waals surface area contributed by atoms with E-state index in [0.717, 1.165) is 54.7 Å². The van der Waals surface area contributed by atoms with Crippen molar-refractivity contribution in [3.8, 4) is 0 Å². The second-order valence-corrected chi connectivity index (χ2v) is 19.4. The fraction of sp³-hybridized carbons (Fsp3) is 0.320. The van der Waals surface area contributed by atoms with Crippen LogP contribution in [0.3, 0.4) is 0 Å². The van der Waals surface area contributed by atoms with Gasteiger partial charge in [-0.25, -0.2) is 9.97 Å². The molecule has 7 rings (SSSR count). The Labute approximate surface area is 330 Å². The predicted molar refractivity (Wildman–Crippen MR) is 233 cm³/mol. The molecule has 0 spiro atoms.